The average molecular weight is 1820 g/mol. The van der Waals surface area contributed by atoms with E-state index in [0.29, 0.717) is 0 Å². The highest BCUT2D eigenvalue weighted by Crippen LogP contribution is 2.58. The lowest BCUT2D eigenvalue weighted by molar-refractivity contribution is -0.0774. The van der Waals surface area contributed by atoms with Crippen LogP contribution in [0.4, 0.5) is 0 Å². The predicted octanol–water partition coefficient (Wildman–Crippen LogP) is 28.0. The summed E-state index contributed by atoms with van der Waals surface area (Å²) >= 11 is 3.81. The number of nitrogens with zero attached hydrogens (tertiary/aromatic N) is 16. The highest BCUT2D eigenvalue weighted by Gasteiger charge is 2.60. The smallest absolute Gasteiger partial charge is 0.181 e. The number of aliphatic imine (C=N–C) groups is 10. The third-order valence-electron chi connectivity index (χ3n) is 39.8. The molecule has 10 rings (SSSR count). The maximum Gasteiger partial charge on any atom is 0.181 e. The molecule has 0 fully saturated rings. The molecule has 0 radical (unpaired) electrons. The second kappa shape index (κ2) is 36.8. The second-order valence-corrected chi connectivity index (χ2v) is 56.2. The molecular weight excluding hydrogens is 1610 g/mol. The first kappa shape index (κ1) is 121. The molecular formula is C107H210N16O2S2. The van der Waals surface area contributed by atoms with Gasteiger partial charge >= 0.3 is 0 Å². The summed E-state index contributed by atoms with van der Waals surface area (Å²) in [6.07, 6.45) is 0. The molecule has 0 aliphatic carbocycles. The van der Waals surface area contributed by atoms with Crippen LogP contribution in [0.1, 0.15) is 443 Å². The van der Waals surface area contributed by atoms with Crippen molar-refractivity contribution in [1.29, 1.82) is 0 Å². The molecule has 0 N–H and O–H groups in total. The molecule has 0 bridgehead atoms. The Morgan fingerprint density at radius 1 is 0.173 bits per heavy atom. The monoisotopic (exact) mass is 1820 g/mol. The lowest BCUT2D eigenvalue weighted by atomic mass is 9.61. The first-order chi connectivity index (χ1) is 54.9. The summed E-state index contributed by atoms with van der Waals surface area (Å²) in [6, 6.07) is 0. The quantitative estimate of drug-likeness (QED) is 0.228. The van der Waals surface area contributed by atoms with Gasteiger partial charge in [-0.05, 0) is 332 Å². The van der Waals surface area contributed by atoms with Gasteiger partial charge in [0, 0.05) is 120 Å². The second-order valence-electron chi connectivity index (χ2n) is 52.6. The number of hydrogen-bond donors (Lipinski definition) is 0. The molecule has 0 spiro atoms. The summed E-state index contributed by atoms with van der Waals surface area (Å²) in [6.45, 7) is 142. The van der Waals surface area contributed by atoms with Gasteiger partial charge in [-0.2, -0.15) is 0 Å². The largest absolute Gasteiger partial charge is 0.475 e. The molecule has 0 atom stereocenters. The average Bonchev–Trinajstić information content (AvgIpc) is 1.72. The summed E-state index contributed by atoms with van der Waals surface area (Å²) in [5, 5.41) is 2.43. The van der Waals surface area contributed by atoms with Crippen molar-refractivity contribution in [2.75, 3.05) is 42.3 Å². The molecule has 0 saturated carbocycles. The molecule has 18 nitrogen and oxygen atoms in total. The van der Waals surface area contributed by atoms with Crippen molar-refractivity contribution in [1.82, 2.24) is 29.4 Å². The Hall–Kier alpha value is -4.20. The third kappa shape index (κ3) is 22.5. The molecule has 0 unspecified atom stereocenters. The van der Waals surface area contributed by atoms with Gasteiger partial charge in [-0.3, -0.25) is 39.9 Å². The van der Waals surface area contributed by atoms with Gasteiger partial charge in [0.05, 0.1) is 117 Å². The minimum absolute atomic E-state index is 0.00704. The van der Waals surface area contributed by atoms with Crippen LogP contribution >= 0.6 is 23.5 Å². The number of hydrogen-bond acceptors (Lipinski definition) is 20. The maximum atomic E-state index is 5.77. The molecule has 10 aliphatic rings. The first-order valence-corrected chi connectivity index (χ1v) is 49.4. The Morgan fingerprint density at radius 2 is 0.315 bits per heavy atom. The lowest BCUT2D eigenvalue weighted by Gasteiger charge is -2.58. The van der Waals surface area contributed by atoms with E-state index < -0.39 is 0 Å². The van der Waals surface area contributed by atoms with E-state index in [9.17, 15) is 0 Å². The van der Waals surface area contributed by atoms with Crippen LogP contribution < -0.4 is 0 Å². The Labute approximate surface area is 796 Å². The predicted molar refractivity (Wildman–Crippen MR) is 573 cm³/mol. The van der Waals surface area contributed by atoms with Gasteiger partial charge in [0.2, 0.25) is 0 Å². The lowest BCUT2D eigenvalue weighted by Crippen LogP contribution is -2.64. The van der Waals surface area contributed by atoms with Crippen LogP contribution in [0.2, 0.25) is 0 Å². The summed E-state index contributed by atoms with van der Waals surface area (Å²) < 4.78 is 12.1. The molecule has 127 heavy (non-hydrogen) atoms. The Kier molecular flexibility index (Phi) is 35.0. The van der Waals surface area contributed by atoms with E-state index in [4.69, 9.17) is 34.4 Å². The number of amidine groups is 6. The maximum absolute atomic E-state index is 5.77. The van der Waals surface area contributed by atoms with Crippen LogP contribution in [-0.4, -0.2) is 238 Å². The molecule has 0 saturated heterocycles. The normalized spacial score (nSPS) is 28.5. The van der Waals surface area contributed by atoms with E-state index in [2.05, 4.69) is 526 Å². The van der Waals surface area contributed by atoms with Crippen molar-refractivity contribution in [2.45, 2.75) is 552 Å². The van der Waals surface area contributed by atoms with Crippen molar-refractivity contribution in [3.8, 4) is 0 Å². The van der Waals surface area contributed by atoms with Gasteiger partial charge in [-0.25, -0.2) is 9.98 Å². The fourth-order valence-electron chi connectivity index (χ4n) is 18.0. The molecule has 0 aromatic carbocycles. The molecule has 0 aromatic rings. The fourth-order valence-corrected chi connectivity index (χ4v) is 21.1. The van der Waals surface area contributed by atoms with Gasteiger partial charge in [-0.15, -0.1) is 23.5 Å². The number of ether oxygens (including phenoxy) is 2. The van der Waals surface area contributed by atoms with E-state index in [1.54, 1.807) is 0 Å². The standard InChI is InChI=1S/3C12H24N2.2C11H21NO.2C11H21NS.3C9H18N2/c3*1-9-13-11(4,5)10(2,3)12(6,7)14(9)8;4*1-8-12-10(4,5)9(2,3)11(6,7)13-8;3*1-7-10-8(2,3)9(4,5)11(7)6/h3*1-8H3;4*1-7H3;3*1-6H3. The van der Waals surface area contributed by atoms with Gasteiger partial charge in [0.15, 0.2) is 11.8 Å². The topological polar surface area (TPSA) is 162 Å². The Bertz CT molecular complexity index is 3710. The number of likely N-dealkylation sites (N-methyl/N-ethyl adjacent to an activating group) is 3. The van der Waals surface area contributed by atoms with Crippen LogP contribution in [0.25, 0.3) is 0 Å². The highest BCUT2D eigenvalue weighted by molar-refractivity contribution is 8.15. The number of rotatable bonds is 0. The van der Waals surface area contributed by atoms with Gasteiger partial charge in [0.25, 0.3) is 0 Å². The van der Waals surface area contributed by atoms with Gasteiger partial charge in [-0.1, -0.05) is 96.9 Å². The van der Waals surface area contributed by atoms with Crippen LogP contribution in [0.15, 0.2) is 49.9 Å². The zero-order valence-electron chi connectivity index (χ0n) is 97.3. The Balaban J connectivity index is 0.000000706. The van der Waals surface area contributed by atoms with E-state index in [1.165, 1.54) is 10.1 Å². The molecule has 10 heterocycles. The van der Waals surface area contributed by atoms with Crippen molar-refractivity contribution in [3.05, 3.63) is 0 Å². The van der Waals surface area contributed by atoms with Crippen molar-refractivity contribution < 1.29 is 9.47 Å². The van der Waals surface area contributed by atoms with Gasteiger partial charge in [0.1, 0.15) is 11.2 Å². The SMILES string of the molecule is CC1=NC(C)(C)C(C)(C)C(C)(C)N1C.CC1=NC(C)(C)C(C)(C)C(C)(C)N1C.CC1=NC(C)(C)C(C)(C)C(C)(C)N1C.CC1=NC(C)(C)C(C)(C)C(C)(C)O1.CC1=NC(C)(C)C(C)(C)C(C)(C)O1.CC1=NC(C)(C)C(C)(C)C(C)(C)S1.CC1=NC(C)(C)C(C)(C)C(C)(C)S1.CC1=NC(C)(C)C(C)(C)N1C.CC1=NC(C)(C)C(C)(C)N1C.CC1=NC(C)(C)C(C)(C)N1C. The summed E-state index contributed by atoms with van der Waals surface area (Å²) in [5.41, 5.74) is 1.74. The van der Waals surface area contributed by atoms with E-state index in [1.807, 2.05) is 37.4 Å². The zero-order valence-corrected chi connectivity index (χ0v) is 98.9. The van der Waals surface area contributed by atoms with Crippen LogP contribution in [0.5, 0.6) is 0 Å². The van der Waals surface area contributed by atoms with Gasteiger partial charge < -0.3 is 38.9 Å². The molecule has 0 amide bonds. The highest BCUT2D eigenvalue weighted by atomic mass is 32.2. The first-order valence-electron chi connectivity index (χ1n) is 47.7. The van der Waals surface area contributed by atoms with E-state index in [-0.39, 0.29) is 147 Å². The zero-order chi connectivity index (χ0) is 103. The van der Waals surface area contributed by atoms with Crippen LogP contribution in [0, 0.1) is 37.9 Å². The minimum atomic E-state index is -0.150. The van der Waals surface area contributed by atoms with Crippen LogP contribution in [0.3, 0.4) is 0 Å². The van der Waals surface area contributed by atoms with E-state index in [0.717, 1.165) is 46.8 Å². The third-order valence-corrected chi connectivity index (χ3v) is 42.6. The van der Waals surface area contributed by atoms with Crippen molar-refractivity contribution in [3.63, 3.8) is 0 Å². The molecule has 0 aromatic heterocycles. The summed E-state index contributed by atoms with van der Waals surface area (Å²) in [5.74, 6) is 8.43. The van der Waals surface area contributed by atoms with Crippen LogP contribution in [-0.2, 0) is 9.47 Å². The molecule has 742 valence electrons. The molecule has 10 aliphatic heterocycles. The minimum Gasteiger partial charge on any atom is -0.475 e. The summed E-state index contributed by atoms with van der Waals surface area (Å²) in [7, 11) is 12.7. The van der Waals surface area contributed by atoms with Crippen molar-refractivity contribution >= 4 is 80.4 Å². The molecule has 20 heteroatoms. The number of thioether (sulfide) groups is 2. The van der Waals surface area contributed by atoms with Crippen molar-refractivity contribution in [2.24, 2.45) is 87.8 Å². The summed E-state index contributed by atoms with van der Waals surface area (Å²) in [4.78, 5) is 60.4. The fraction of sp³-hybridized carbons (Fsp3) is 0.907. The Morgan fingerprint density at radius 3 is 0.449 bits per heavy atom. The van der Waals surface area contributed by atoms with E-state index >= 15 is 0 Å².